The summed E-state index contributed by atoms with van der Waals surface area (Å²) in [4.78, 5) is 23.4. The summed E-state index contributed by atoms with van der Waals surface area (Å²) < 4.78 is 11.2. The third-order valence-electron chi connectivity index (χ3n) is 5.03. The Morgan fingerprint density at radius 2 is 1.76 bits per heavy atom. The van der Waals surface area contributed by atoms with Crippen LogP contribution in [0.5, 0.6) is 0 Å². The Labute approximate surface area is 171 Å². The number of carbonyl (C=O) groups is 1. The lowest BCUT2D eigenvalue weighted by Crippen LogP contribution is -2.29. The van der Waals surface area contributed by atoms with Gasteiger partial charge in [0.05, 0.1) is 17.6 Å². The molecule has 1 atom stereocenters. The van der Waals surface area contributed by atoms with Crippen LogP contribution >= 0.6 is 0 Å². The minimum Gasteiger partial charge on any atom is -0.467 e. The van der Waals surface area contributed by atoms with Crippen molar-refractivity contribution in [3.63, 3.8) is 0 Å². The number of aryl methyl sites for hydroxylation is 1. The highest BCUT2D eigenvalue weighted by Gasteiger charge is 2.35. The molecule has 0 aromatic heterocycles. The molecular formula is C23H27NO5. The summed E-state index contributed by atoms with van der Waals surface area (Å²) in [5.41, 5.74) is 4.06. The highest BCUT2D eigenvalue weighted by Crippen LogP contribution is 2.48. The van der Waals surface area contributed by atoms with Crippen LogP contribution < -0.4 is 0 Å². The summed E-state index contributed by atoms with van der Waals surface area (Å²) in [6, 6.07) is 10.6. The van der Waals surface area contributed by atoms with E-state index < -0.39 is 22.6 Å². The normalized spacial score (nSPS) is 15.1. The molecule has 0 heterocycles. The van der Waals surface area contributed by atoms with Crippen LogP contribution in [0.1, 0.15) is 62.3 Å². The monoisotopic (exact) mass is 397 g/mol. The molecule has 1 saturated carbocycles. The second-order valence-electron chi connectivity index (χ2n) is 8.47. The van der Waals surface area contributed by atoms with Gasteiger partial charge in [-0.1, -0.05) is 12.1 Å². The van der Waals surface area contributed by atoms with Crippen molar-refractivity contribution in [2.45, 2.75) is 58.2 Å². The Balaban J connectivity index is 2.23. The van der Waals surface area contributed by atoms with Crippen molar-refractivity contribution in [3.8, 4) is 11.1 Å². The molecule has 0 bridgehead atoms. The molecule has 0 N–H and O–H groups in total. The highest BCUT2D eigenvalue weighted by atomic mass is 16.6. The Bertz CT molecular complexity index is 924. The van der Waals surface area contributed by atoms with Crippen LogP contribution in [0, 0.1) is 17.0 Å². The molecule has 0 amide bonds. The minimum atomic E-state index is -0.885. The predicted octanol–water partition coefficient (Wildman–Crippen LogP) is 5.48. The van der Waals surface area contributed by atoms with Gasteiger partial charge in [-0.25, -0.2) is 4.79 Å². The summed E-state index contributed by atoms with van der Waals surface area (Å²) >= 11 is 0. The zero-order valence-electron chi connectivity index (χ0n) is 17.5. The van der Waals surface area contributed by atoms with E-state index in [1.807, 2.05) is 33.8 Å². The summed E-state index contributed by atoms with van der Waals surface area (Å²) in [6.45, 7) is 7.64. The molecule has 1 aliphatic carbocycles. The fraction of sp³-hybridized carbons (Fsp3) is 0.435. The first-order valence-corrected chi connectivity index (χ1v) is 9.76. The number of ether oxygens (including phenoxy) is 2. The number of benzene rings is 2. The largest absolute Gasteiger partial charge is 0.467 e. The van der Waals surface area contributed by atoms with Gasteiger partial charge in [0.15, 0.2) is 6.10 Å². The lowest BCUT2D eigenvalue weighted by molar-refractivity contribution is -0.384. The second kappa shape index (κ2) is 7.95. The number of hydrogen-bond donors (Lipinski definition) is 0. The molecule has 2 aromatic carbocycles. The van der Waals surface area contributed by atoms with E-state index in [9.17, 15) is 14.9 Å². The number of nitro benzene ring substituents is 1. The standard InChI is InChI=1S/C23H27NO5/c1-14-6-13-18(15-7-8-15)20(16-9-11-17(12-10-16)24(26)27)19(14)21(22(25)28-5)29-23(2,3)4/h6,9-13,15,21H,7-8H2,1-5H3. The van der Waals surface area contributed by atoms with Gasteiger partial charge >= 0.3 is 5.97 Å². The number of nitro groups is 1. The molecular weight excluding hydrogens is 370 g/mol. The van der Waals surface area contributed by atoms with Crippen LogP contribution in [0.25, 0.3) is 11.1 Å². The first-order chi connectivity index (χ1) is 13.6. The molecule has 1 aliphatic rings. The second-order valence-corrected chi connectivity index (χ2v) is 8.47. The van der Waals surface area contributed by atoms with Crippen molar-refractivity contribution >= 4 is 11.7 Å². The topological polar surface area (TPSA) is 78.7 Å². The van der Waals surface area contributed by atoms with E-state index in [0.29, 0.717) is 5.92 Å². The number of rotatable bonds is 6. The van der Waals surface area contributed by atoms with Crippen molar-refractivity contribution in [2.75, 3.05) is 7.11 Å². The maximum absolute atomic E-state index is 12.7. The molecule has 1 unspecified atom stereocenters. The molecule has 0 aliphatic heterocycles. The molecule has 3 rings (SSSR count). The van der Waals surface area contributed by atoms with Crippen LogP contribution in [0.4, 0.5) is 5.69 Å². The van der Waals surface area contributed by atoms with E-state index in [2.05, 4.69) is 6.07 Å². The maximum Gasteiger partial charge on any atom is 0.339 e. The van der Waals surface area contributed by atoms with Gasteiger partial charge in [-0.3, -0.25) is 10.1 Å². The van der Waals surface area contributed by atoms with Crippen molar-refractivity contribution in [1.29, 1.82) is 0 Å². The van der Waals surface area contributed by atoms with E-state index in [1.54, 1.807) is 12.1 Å². The number of hydrogen-bond acceptors (Lipinski definition) is 5. The minimum absolute atomic E-state index is 0.0337. The van der Waals surface area contributed by atoms with Crippen molar-refractivity contribution in [1.82, 2.24) is 0 Å². The maximum atomic E-state index is 12.7. The van der Waals surface area contributed by atoms with E-state index in [0.717, 1.165) is 40.7 Å². The Kier molecular flexibility index (Phi) is 5.75. The van der Waals surface area contributed by atoms with Gasteiger partial charge in [0.1, 0.15) is 0 Å². The lowest BCUT2D eigenvalue weighted by atomic mass is 9.86. The van der Waals surface area contributed by atoms with E-state index >= 15 is 0 Å². The molecule has 2 aromatic rings. The number of nitrogens with zero attached hydrogens (tertiary/aromatic N) is 1. The molecule has 0 saturated heterocycles. The third kappa shape index (κ3) is 4.65. The van der Waals surface area contributed by atoms with Gasteiger partial charge in [0.2, 0.25) is 0 Å². The predicted molar refractivity (Wildman–Crippen MR) is 111 cm³/mol. The molecule has 1 fully saturated rings. The molecule has 6 nitrogen and oxygen atoms in total. The smallest absolute Gasteiger partial charge is 0.339 e. The summed E-state index contributed by atoms with van der Waals surface area (Å²) in [7, 11) is 1.35. The first-order valence-electron chi connectivity index (χ1n) is 9.76. The van der Waals surface area contributed by atoms with Crippen LogP contribution in [-0.2, 0) is 14.3 Å². The molecule has 6 heteroatoms. The van der Waals surface area contributed by atoms with Crippen LogP contribution in [-0.4, -0.2) is 23.6 Å². The van der Waals surface area contributed by atoms with Crippen molar-refractivity contribution < 1.29 is 19.2 Å². The summed E-state index contributed by atoms with van der Waals surface area (Å²) in [5, 5.41) is 11.1. The number of methoxy groups -OCH3 is 1. The Hall–Kier alpha value is -2.73. The third-order valence-corrected chi connectivity index (χ3v) is 5.03. The quantitative estimate of drug-likeness (QED) is 0.366. The number of esters is 1. The fourth-order valence-electron chi connectivity index (χ4n) is 3.57. The van der Waals surface area contributed by atoms with Crippen LogP contribution in [0.15, 0.2) is 36.4 Å². The van der Waals surface area contributed by atoms with E-state index in [4.69, 9.17) is 9.47 Å². The summed E-state index contributed by atoms with van der Waals surface area (Å²) in [6.07, 6.45) is 1.29. The SMILES string of the molecule is COC(=O)C(OC(C)(C)C)c1c(C)ccc(C2CC2)c1-c1ccc([N+](=O)[O-])cc1. The average molecular weight is 397 g/mol. The number of non-ortho nitro benzene ring substituents is 1. The molecule has 0 radical (unpaired) electrons. The highest BCUT2D eigenvalue weighted by molar-refractivity contribution is 5.84. The zero-order chi connectivity index (χ0) is 21.3. The van der Waals surface area contributed by atoms with Crippen LogP contribution in [0.2, 0.25) is 0 Å². The summed E-state index contributed by atoms with van der Waals surface area (Å²) in [5.74, 6) is -0.0355. The average Bonchev–Trinajstić information content (AvgIpc) is 3.50. The van der Waals surface area contributed by atoms with Gasteiger partial charge in [-0.15, -0.1) is 0 Å². The first kappa shape index (κ1) is 21.0. The molecule has 29 heavy (non-hydrogen) atoms. The van der Waals surface area contributed by atoms with Crippen molar-refractivity contribution in [3.05, 3.63) is 63.2 Å². The van der Waals surface area contributed by atoms with E-state index in [-0.39, 0.29) is 5.69 Å². The van der Waals surface area contributed by atoms with Gasteiger partial charge in [0.25, 0.3) is 5.69 Å². The molecule has 154 valence electrons. The van der Waals surface area contributed by atoms with Gasteiger partial charge in [-0.2, -0.15) is 0 Å². The van der Waals surface area contributed by atoms with Gasteiger partial charge in [-0.05, 0) is 80.8 Å². The fourth-order valence-corrected chi connectivity index (χ4v) is 3.57. The lowest BCUT2D eigenvalue weighted by Gasteiger charge is -2.29. The Morgan fingerprint density at radius 3 is 2.24 bits per heavy atom. The zero-order valence-corrected chi connectivity index (χ0v) is 17.5. The van der Waals surface area contributed by atoms with E-state index in [1.165, 1.54) is 19.2 Å². The molecule has 0 spiro atoms. The van der Waals surface area contributed by atoms with Gasteiger partial charge < -0.3 is 9.47 Å². The number of carbonyl (C=O) groups excluding carboxylic acids is 1. The van der Waals surface area contributed by atoms with Gasteiger partial charge in [0, 0.05) is 17.7 Å². The van der Waals surface area contributed by atoms with Crippen molar-refractivity contribution in [2.24, 2.45) is 0 Å². The van der Waals surface area contributed by atoms with Crippen LogP contribution in [0.3, 0.4) is 0 Å². The Morgan fingerprint density at radius 1 is 1.14 bits per heavy atom.